The van der Waals surface area contributed by atoms with Crippen LogP contribution in [0.4, 0.5) is 40.1 Å². The fourth-order valence-corrected chi connectivity index (χ4v) is 15.8. The Labute approximate surface area is 717 Å². The van der Waals surface area contributed by atoms with Crippen molar-refractivity contribution in [2.45, 2.75) is 65.1 Å². The summed E-state index contributed by atoms with van der Waals surface area (Å²) in [6.45, 7) is 12.7. The van der Waals surface area contributed by atoms with Gasteiger partial charge in [-0.25, -0.2) is 19.7 Å². The number of anilines is 6. The fourth-order valence-electron chi connectivity index (χ4n) is 15.2. The Morgan fingerprint density at radius 2 is 0.844 bits per heavy atom. The summed E-state index contributed by atoms with van der Waals surface area (Å²) < 4.78 is 40.1. The van der Waals surface area contributed by atoms with Crippen LogP contribution in [0.3, 0.4) is 0 Å². The first-order valence-electron chi connectivity index (χ1n) is 40.4. The molecule has 0 unspecified atom stereocenters. The van der Waals surface area contributed by atoms with E-state index in [1.807, 2.05) is 115 Å². The van der Waals surface area contributed by atoms with Gasteiger partial charge < -0.3 is 98.4 Å². The number of para-hydroxylation sites is 6. The molecule has 5 aliphatic heterocycles. The normalized spacial score (nSPS) is 15.0. The number of nitrogens with one attached hydrogen (secondary N) is 6. The van der Waals surface area contributed by atoms with Crippen molar-refractivity contribution in [3.05, 3.63) is 178 Å². The number of carbonyl (C=O) groups excluding carboxylic acids is 3. The Balaban J connectivity index is 0.000000136. The Morgan fingerprint density at radius 3 is 1.27 bits per heavy atom. The molecule has 13 aromatic rings. The third kappa shape index (κ3) is 19.8. The third-order valence-electron chi connectivity index (χ3n) is 21.7. The van der Waals surface area contributed by atoms with Crippen LogP contribution in [-0.4, -0.2) is 222 Å². The second-order valence-electron chi connectivity index (χ2n) is 29.7. The number of methoxy groups -OCH3 is 4. The van der Waals surface area contributed by atoms with E-state index in [0.717, 1.165) is 133 Å². The summed E-state index contributed by atoms with van der Waals surface area (Å²) >= 11 is 19.7. The minimum absolute atomic E-state index is 0.0660. The number of imidazole rings is 3. The Morgan fingerprint density at radius 1 is 0.426 bits per heavy atom. The molecule has 5 saturated heterocycles. The second-order valence-corrected chi connectivity index (χ2v) is 30.9. The molecule has 5 aliphatic rings. The standard InChI is InChI=1S/C30H34ClN7O4.C29H33ClN8O4.C27H25ClN8O2/c1-40-24-14-20(31)23(15-25(24)41-2)42-28-16-26(32-17-27-33-21-6-3-4-7-22(21)34-27)35-30(36-28)37-12-9-19(10-13-37)18-38-11-5-8-29(38)39;1-40-23-15-19(30)22(16-24(23)41-2)42-27-17-25(31-18-26-32-20-7-3-4-8-21(20)33-26)34-28(35-27)36-11-13-38(14-12-36)29(39)37-9-5-6-10-37;1-17(37)35-11-13-36(14-12-35)27-33-23(30-16-24-31-20-6-2-3-7-21(20)32-24)15-25(34-27)38-22-9-8-19-18(26(22)28)5-4-10-29-19/h3-4,6-7,14-16,19H,5,8-13,17-18H2,1-2H3,(H,33,34)(H,32,35,36);3-4,7-8,15-17H,5-6,9-14,18H2,1-2H3,(H,32,33)(H,31,34,35);2-10,15H,11-14,16H2,1H3,(H,31,32)(H,30,33,34). The molecular formula is C86H92Cl3N23O10. The van der Waals surface area contributed by atoms with Gasteiger partial charge in [-0.2, -0.15) is 29.9 Å². The molecule has 7 aromatic heterocycles. The van der Waals surface area contributed by atoms with Gasteiger partial charge in [0, 0.05) is 159 Å². The van der Waals surface area contributed by atoms with Crippen LogP contribution in [0.5, 0.6) is 57.9 Å². The highest BCUT2D eigenvalue weighted by Crippen LogP contribution is 2.43. The lowest BCUT2D eigenvalue weighted by atomic mass is 9.96. The number of piperazine rings is 2. The number of piperidine rings is 1. The van der Waals surface area contributed by atoms with Crippen LogP contribution in [0, 0.1) is 5.92 Å². The number of hydrogen-bond donors (Lipinski definition) is 6. The summed E-state index contributed by atoms with van der Waals surface area (Å²) in [5.41, 5.74) is 6.40. The smallest absolute Gasteiger partial charge is 0.320 e. The molecule has 12 heterocycles. The van der Waals surface area contributed by atoms with E-state index in [1.54, 1.807) is 90.1 Å². The van der Waals surface area contributed by atoms with Gasteiger partial charge in [-0.05, 0) is 98.7 Å². The molecule has 5 fully saturated rings. The van der Waals surface area contributed by atoms with Crippen LogP contribution in [0.15, 0.2) is 146 Å². The van der Waals surface area contributed by atoms with Crippen molar-refractivity contribution in [2.75, 3.05) is 151 Å². The van der Waals surface area contributed by atoms with Gasteiger partial charge in [-0.1, -0.05) is 71.2 Å². The number of benzene rings is 6. The summed E-state index contributed by atoms with van der Waals surface area (Å²) in [5, 5.41) is 12.0. The summed E-state index contributed by atoms with van der Waals surface area (Å²) in [6.07, 6.45) is 7.42. The molecule has 36 heteroatoms. The largest absolute Gasteiger partial charge is 0.493 e. The first-order valence-corrected chi connectivity index (χ1v) is 41.6. The van der Waals surface area contributed by atoms with Crippen molar-refractivity contribution in [1.82, 2.24) is 84.4 Å². The maximum absolute atomic E-state index is 12.9. The van der Waals surface area contributed by atoms with Crippen molar-refractivity contribution in [3.8, 4) is 57.9 Å². The number of amides is 4. The van der Waals surface area contributed by atoms with Gasteiger partial charge in [0.15, 0.2) is 34.5 Å². The summed E-state index contributed by atoms with van der Waals surface area (Å²) in [4.78, 5) is 108. The zero-order valence-electron chi connectivity index (χ0n) is 68.0. The number of fused-ring (bicyclic) bond motifs is 4. The monoisotopic (exact) mass is 1710 g/mol. The van der Waals surface area contributed by atoms with Gasteiger partial charge >= 0.3 is 6.03 Å². The molecule has 33 nitrogen and oxygen atoms in total. The number of likely N-dealkylation sites (tertiary alicyclic amines) is 2. The van der Waals surface area contributed by atoms with Gasteiger partial charge in [-0.15, -0.1) is 0 Å². The minimum atomic E-state index is 0.0660. The number of H-pyrrole nitrogens is 3. The van der Waals surface area contributed by atoms with Crippen LogP contribution in [0.1, 0.15) is 62.9 Å². The minimum Gasteiger partial charge on any atom is -0.493 e. The zero-order valence-corrected chi connectivity index (χ0v) is 70.3. The topological polar surface area (TPSA) is 351 Å². The molecule has 0 bridgehead atoms. The van der Waals surface area contributed by atoms with E-state index >= 15 is 0 Å². The van der Waals surface area contributed by atoms with Crippen molar-refractivity contribution >= 4 is 132 Å². The van der Waals surface area contributed by atoms with Crippen LogP contribution >= 0.6 is 34.8 Å². The molecule has 0 aliphatic carbocycles. The van der Waals surface area contributed by atoms with Gasteiger partial charge in [0.1, 0.15) is 40.7 Å². The number of nitrogens with zero attached hydrogens (tertiary/aromatic N) is 17. The molecule has 6 aromatic carbocycles. The molecule has 6 N–H and O–H groups in total. The van der Waals surface area contributed by atoms with E-state index in [-0.39, 0.29) is 17.8 Å². The highest BCUT2D eigenvalue weighted by atomic mass is 35.5. The van der Waals surface area contributed by atoms with E-state index in [1.165, 1.54) is 0 Å². The number of rotatable bonds is 24. The molecule has 122 heavy (non-hydrogen) atoms. The number of ether oxygens (including phenoxy) is 7. The Kier molecular flexibility index (Phi) is 25.8. The lowest BCUT2D eigenvalue weighted by molar-refractivity contribution is -0.129. The molecule has 0 atom stereocenters. The fraction of sp³-hybridized carbons (Fsp3) is 0.337. The number of hydrogen-bond acceptors (Lipinski definition) is 26. The second kappa shape index (κ2) is 38.1. The molecule has 0 spiro atoms. The number of aromatic nitrogens is 13. The highest BCUT2D eigenvalue weighted by Gasteiger charge is 2.32. The molecular weight excluding hydrogens is 1620 g/mol. The van der Waals surface area contributed by atoms with Crippen LogP contribution in [-0.2, 0) is 29.2 Å². The summed E-state index contributed by atoms with van der Waals surface area (Å²) in [7, 11) is 6.20. The molecule has 632 valence electrons. The average Bonchev–Trinajstić information content (AvgIpc) is 1.11. The predicted octanol–water partition coefficient (Wildman–Crippen LogP) is 14.7. The molecule has 0 saturated carbocycles. The predicted molar refractivity (Wildman–Crippen MR) is 468 cm³/mol. The lowest BCUT2D eigenvalue weighted by Gasteiger charge is -2.36. The first-order chi connectivity index (χ1) is 59.5. The van der Waals surface area contributed by atoms with E-state index in [2.05, 4.69) is 65.6 Å². The van der Waals surface area contributed by atoms with Crippen LogP contribution in [0.25, 0.3) is 44.0 Å². The van der Waals surface area contributed by atoms with Gasteiger partial charge in [-0.3, -0.25) is 14.6 Å². The van der Waals surface area contributed by atoms with Crippen molar-refractivity contribution < 1.29 is 47.5 Å². The highest BCUT2D eigenvalue weighted by molar-refractivity contribution is 6.37. The van der Waals surface area contributed by atoms with Crippen molar-refractivity contribution in [2.24, 2.45) is 5.92 Å². The van der Waals surface area contributed by atoms with E-state index < -0.39 is 0 Å². The van der Waals surface area contributed by atoms with Gasteiger partial charge in [0.25, 0.3) is 0 Å². The van der Waals surface area contributed by atoms with Gasteiger partial charge in [0.05, 0.1) is 102 Å². The number of urea groups is 1. The SMILES string of the molecule is CC(=O)N1CCN(c2nc(NCc3nc4ccccc4[nH]3)cc(Oc3ccc4ncccc4c3Cl)n2)CC1.COc1cc(Cl)c(Oc2cc(NCc3nc4ccccc4[nH]3)nc(N3CCC(CN4CCCC4=O)CC3)n2)cc1OC.COc1cc(Cl)c(Oc2cc(NCc3nc4ccccc4[nH]3)nc(N3CCN(C(=O)N4CCCC4)CC3)n2)cc1OC. The number of aromatic amines is 3. The number of halogens is 3. The summed E-state index contributed by atoms with van der Waals surface area (Å²) in [5.74, 6) is 10.6. The van der Waals surface area contributed by atoms with Gasteiger partial charge in [0.2, 0.25) is 47.3 Å². The Bertz CT molecular complexity index is 5790. The van der Waals surface area contributed by atoms with Crippen molar-refractivity contribution in [3.63, 3.8) is 0 Å². The molecule has 18 rings (SSSR count). The van der Waals surface area contributed by atoms with E-state index in [0.29, 0.717) is 193 Å². The van der Waals surface area contributed by atoms with E-state index in [9.17, 15) is 14.4 Å². The average molecular weight is 1710 g/mol. The van der Waals surface area contributed by atoms with Crippen LogP contribution < -0.4 is 63.8 Å². The third-order valence-corrected chi connectivity index (χ3v) is 22.6. The molecule has 4 amide bonds. The lowest BCUT2D eigenvalue weighted by Crippen LogP contribution is -2.52. The van der Waals surface area contributed by atoms with Crippen LogP contribution in [0.2, 0.25) is 15.1 Å². The quantitative estimate of drug-likeness (QED) is 0.0327. The first kappa shape index (κ1) is 82.6. The molecule has 0 radical (unpaired) electrons. The summed E-state index contributed by atoms with van der Waals surface area (Å²) in [6, 6.07) is 43.0. The number of pyridine rings is 1. The van der Waals surface area contributed by atoms with E-state index in [4.69, 9.17) is 92.9 Å². The zero-order chi connectivity index (χ0) is 84.2. The Hall–Kier alpha value is -13.1. The van der Waals surface area contributed by atoms with Crippen molar-refractivity contribution in [1.29, 1.82) is 0 Å². The maximum Gasteiger partial charge on any atom is 0.320 e. The number of carbonyl (C=O) groups is 3. The maximum atomic E-state index is 12.9.